The molecule has 1 amide bonds. The summed E-state index contributed by atoms with van der Waals surface area (Å²) >= 11 is 0. The van der Waals surface area contributed by atoms with Crippen molar-refractivity contribution in [2.24, 2.45) is 0 Å². The molecule has 0 saturated heterocycles. The van der Waals surface area contributed by atoms with Crippen molar-refractivity contribution in [3.05, 3.63) is 60.2 Å². The zero-order valence-corrected chi connectivity index (χ0v) is 18.6. The maximum Gasteiger partial charge on any atom is 0.338 e. The van der Waals surface area contributed by atoms with Crippen LogP contribution in [0.2, 0.25) is 0 Å². The van der Waals surface area contributed by atoms with E-state index in [9.17, 15) is 23.3 Å². The first-order valence-corrected chi connectivity index (χ1v) is 11.8. The number of carbonyl (C=O) groups excluding carboxylic acids is 2. The number of anilines is 1. The van der Waals surface area contributed by atoms with Gasteiger partial charge >= 0.3 is 5.97 Å². The molecule has 168 valence electrons. The van der Waals surface area contributed by atoms with E-state index in [-0.39, 0.29) is 17.0 Å². The lowest BCUT2D eigenvalue weighted by Crippen LogP contribution is -2.46. The second-order valence-electron chi connectivity index (χ2n) is 7.56. The lowest BCUT2D eigenvalue weighted by Gasteiger charge is -2.23. The largest absolute Gasteiger partial charge is 0.452 e. The third-order valence-electron chi connectivity index (χ3n) is 5.37. The first-order valence-electron chi connectivity index (χ1n) is 10.4. The smallest absolute Gasteiger partial charge is 0.338 e. The Morgan fingerprint density at radius 1 is 1.12 bits per heavy atom. The normalized spacial score (nSPS) is 14.9. The highest BCUT2D eigenvalue weighted by atomic mass is 32.2. The number of carbonyl (C=O) groups is 2. The Kier molecular flexibility index (Phi) is 7.15. The summed E-state index contributed by atoms with van der Waals surface area (Å²) in [6.45, 7) is 1.38. The number of nitrogens with zero attached hydrogens (tertiary/aromatic N) is 2. The maximum absolute atomic E-state index is 13.1. The summed E-state index contributed by atoms with van der Waals surface area (Å²) < 4.78 is 32.6. The van der Waals surface area contributed by atoms with Crippen molar-refractivity contribution >= 4 is 27.6 Å². The molecule has 0 spiro atoms. The molecule has 8 nitrogen and oxygen atoms in total. The number of sulfonamides is 1. The summed E-state index contributed by atoms with van der Waals surface area (Å²) in [5.41, 5.74) is -0.379. The topological polar surface area (TPSA) is 117 Å². The number of para-hydroxylation sites is 1. The number of amides is 1. The van der Waals surface area contributed by atoms with Crippen LogP contribution >= 0.6 is 0 Å². The molecule has 2 aromatic carbocycles. The minimum absolute atomic E-state index is 0.0128. The fourth-order valence-electron chi connectivity index (χ4n) is 3.76. The summed E-state index contributed by atoms with van der Waals surface area (Å²) in [6.07, 6.45) is 2.84. The minimum Gasteiger partial charge on any atom is -0.452 e. The van der Waals surface area contributed by atoms with Crippen LogP contribution in [0.15, 0.2) is 59.5 Å². The molecule has 1 aliphatic carbocycles. The summed E-state index contributed by atoms with van der Waals surface area (Å²) in [4.78, 5) is 24.6. The lowest BCUT2D eigenvalue weighted by atomic mass is 10.00. The van der Waals surface area contributed by atoms with Crippen molar-refractivity contribution in [1.82, 2.24) is 5.32 Å². The van der Waals surface area contributed by atoms with Crippen LogP contribution in [0.3, 0.4) is 0 Å². The molecule has 32 heavy (non-hydrogen) atoms. The van der Waals surface area contributed by atoms with E-state index in [0.29, 0.717) is 18.5 Å². The molecule has 3 rings (SSSR count). The van der Waals surface area contributed by atoms with E-state index >= 15 is 0 Å². The molecule has 0 heterocycles. The Hall–Kier alpha value is -3.38. The molecule has 1 fully saturated rings. The van der Waals surface area contributed by atoms with E-state index in [4.69, 9.17) is 4.74 Å². The van der Waals surface area contributed by atoms with Gasteiger partial charge in [0.1, 0.15) is 5.54 Å². The molecule has 9 heteroatoms. The summed E-state index contributed by atoms with van der Waals surface area (Å²) in [5.74, 6) is -1.38. The van der Waals surface area contributed by atoms with Crippen molar-refractivity contribution in [1.29, 1.82) is 5.26 Å². The van der Waals surface area contributed by atoms with Crippen LogP contribution in [0.1, 0.15) is 43.0 Å². The fraction of sp³-hybridized carbons (Fsp3) is 0.348. The van der Waals surface area contributed by atoms with Crippen molar-refractivity contribution in [3.63, 3.8) is 0 Å². The van der Waals surface area contributed by atoms with Gasteiger partial charge in [0.2, 0.25) is 0 Å². The van der Waals surface area contributed by atoms with E-state index < -0.39 is 34.0 Å². The highest BCUT2D eigenvalue weighted by Gasteiger charge is 2.35. The molecular weight excluding hydrogens is 430 g/mol. The number of nitrogens with one attached hydrogen (secondary N) is 1. The molecule has 0 aliphatic heterocycles. The van der Waals surface area contributed by atoms with Crippen LogP contribution in [-0.2, 0) is 19.6 Å². The molecule has 1 saturated carbocycles. The Labute approximate surface area is 187 Å². The van der Waals surface area contributed by atoms with Crippen LogP contribution < -0.4 is 9.62 Å². The number of hydrogen-bond acceptors (Lipinski definition) is 6. The van der Waals surface area contributed by atoms with Gasteiger partial charge < -0.3 is 10.1 Å². The van der Waals surface area contributed by atoms with Crippen molar-refractivity contribution in [2.75, 3.05) is 17.5 Å². The highest BCUT2D eigenvalue weighted by molar-refractivity contribution is 7.92. The molecule has 0 radical (unpaired) electrons. The molecule has 1 aliphatic rings. The quantitative estimate of drug-likeness (QED) is 0.612. The number of rotatable bonds is 8. The zero-order chi connectivity index (χ0) is 23.2. The van der Waals surface area contributed by atoms with Gasteiger partial charge in [-0.1, -0.05) is 24.3 Å². The minimum atomic E-state index is -3.91. The highest BCUT2D eigenvalue weighted by Crippen LogP contribution is 2.29. The average molecular weight is 456 g/mol. The van der Waals surface area contributed by atoms with Gasteiger partial charge in [-0.15, -0.1) is 0 Å². The van der Waals surface area contributed by atoms with Crippen LogP contribution in [-0.4, -0.2) is 39.0 Å². The van der Waals surface area contributed by atoms with Crippen molar-refractivity contribution in [3.8, 4) is 6.07 Å². The first-order chi connectivity index (χ1) is 15.3. The number of hydrogen-bond donors (Lipinski definition) is 1. The number of benzene rings is 2. The molecule has 2 aromatic rings. The van der Waals surface area contributed by atoms with Crippen molar-refractivity contribution < 1.29 is 22.7 Å². The van der Waals surface area contributed by atoms with Gasteiger partial charge in [0.15, 0.2) is 6.61 Å². The van der Waals surface area contributed by atoms with E-state index in [1.54, 1.807) is 37.3 Å². The van der Waals surface area contributed by atoms with Gasteiger partial charge in [-0.2, -0.15) is 5.26 Å². The van der Waals surface area contributed by atoms with Crippen LogP contribution in [0.25, 0.3) is 0 Å². The fourth-order valence-corrected chi connectivity index (χ4v) is 5.28. The molecule has 0 unspecified atom stereocenters. The average Bonchev–Trinajstić information content (AvgIpc) is 3.27. The molecule has 0 atom stereocenters. The van der Waals surface area contributed by atoms with Gasteiger partial charge in [-0.3, -0.25) is 9.10 Å². The predicted octanol–water partition coefficient (Wildman–Crippen LogP) is 3.01. The van der Waals surface area contributed by atoms with Crippen molar-refractivity contribution in [2.45, 2.75) is 43.0 Å². The van der Waals surface area contributed by atoms with Crippen LogP contribution in [0.5, 0.6) is 0 Å². The van der Waals surface area contributed by atoms with Gasteiger partial charge in [0.25, 0.3) is 15.9 Å². The van der Waals surface area contributed by atoms with Gasteiger partial charge in [-0.05, 0) is 62.9 Å². The molecule has 0 aromatic heterocycles. The lowest BCUT2D eigenvalue weighted by molar-refractivity contribution is -0.125. The Morgan fingerprint density at radius 2 is 1.81 bits per heavy atom. The Bertz CT molecular complexity index is 1120. The Morgan fingerprint density at radius 3 is 2.44 bits per heavy atom. The number of nitriles is 1. The Balaban J connectivity index is 1.70. The van der Waals surface area contributed by atoms with Crippen LogP contribution in [0, 0.1) is 11.3 Å². The van der Waals surface area contributed by atoms with E-state index in [1.165, 1.54) is 28.6 Å². The monoisotopic (exact) mass is 455 g/mol. The van der Waals surface area contributed by atoms with Gasteiger partial charge in [0, 0.05) is 6.54 Å². The van der Waals surface area contributed by atoms with Crippen LogP contribution in [0.4, 0.5) is 5.69 Å². The third-order valence-corrected chi connectivity index (χ3v) is 7.27. The first kappa shape index (κ1) is 23.3. The molecular formula is C23H25N3O5S. The second-order valence-corrected chi connectivity index (χ2v) is 9.42. The van der Waals surface area contributed by atoms with Gasteiger partial charge in [-0.25, -0.2) is 13.2 Å². The number of ether oxygens (including phenoxy) is 1. The van der Waals surface area contributed by atoms with E-state index in [2.05, 4.69) is 11.4 Å². The van der Waals surface area contributed by atoms with E-state index in [0.717, 1.165) is 12.8 Å². The molecule has 0 bridgehead atoms. The van der Waals surface area contributed by atoms with E-state index in [1.807, 2.05) is 0 Å². The molecule has 1 N–H and O–H groups in total. The summed E-state index contributed by atoms with van der Waals surface area (Å²) in [7, 11) is -3.91. The predicted molar refractivity (Wildman–Crippen MR) is 118 cm³/mol. The number of esters is 1. The second kappa shape index (κ2) is 9.83. The summed E-state index contributed by atoms with van der Waals surface area (Å²) in [6, 6.07) is 16.3. The third kappa shape index (κ3) is 5.08. The SMILES string of the molecule is CCN(c1ccccc1)S(=O)(=O)c1cccc(C(=O)OCC(=O)NC2(C#N)CCCC2)c1. The van der Waals surface area contributed by atoms with Gasteiger partial charge in [0.05, 0.1) is 22.2 Å². The summed E-state index contributed by atoms with van der Waals surface area (Å²) in [5, 5.41) is 12.0. The standard InChI is InChI=1S/C23H25N3O5S/c1-2-26(19-10-4-3-5-11-19)32(29,30)20-12-8-9-18(15-20)22(28)31-16-21(27)25-23(17-24)13-6-7-14-23/h3-5,8-12,15H,2,6-7,13-14,16H2,1H3,(H,25,27). The zero-order valence-electron chi connectivity index (χ0n) is 17.8. The maximum atomic E-state index is 13.1.